The summed E-state index contributed by atoms with van der Waals surface area (Å²) in [6, 6.07) is 8.65. The molecule has 3 rings (SSSR count). The zero-order chi connectivity index (χ0) is 15.4. The molecule has 1 atom stereocenters. The maximum atomic E-state index is 6.31. The van der Waals surface area contributed by atoms with Crippen LogP contribution in [0.2, 0.25) is 0 Å². The van der Waals surface area contributed by atoms with E-state index in [1.807, 2.05) is 0 Å². The lowest BCUT2D eigenvalue weighted by Gasteiger charge is -2.27. The van der Waals surface area contributed by atoms with Gasteiger partial charge in [0.15, 0.2) is 0 Å². The van der Waals surface area contributed by atoms with Crippen molar-refractivity contribution >= 4 is 6.34 Å². The highest BCUT2D eigenvalue weighted by atomic mass is 15.1. The normalized spacial score (nSPS) is 25.6. The minimum atomic E-state index is -0.751. The topological polar surface area (TPSA) is 79.7 Å². The lowest BCUT2D eigenvalue weighted by molar-refractivity contribution is 0.221. The average molecular weight is 299 g/mol. The summed E-state index contributed by atoms with van der Waals surface area (Å²) in [7, 11) is 0. The highest BCUT2D eigenvalue weighted by Crippen LogP contribution is 2.19. The van der Waals surface area contributed by atoms with Gasteiger partial charge in [-0.2, -0.15) is 0 Å². The van der Waals surface area contributed by atoms with Gasteiger partial charge in [-0.05, 0) is 43.1 Å². The quantitative estimate of drug-likeness (QED) is 0.783. The van der Waals surface area contributed by atoms with E-state index in [2.05, 4.69) is 39.5 Å². The molecule has 0 saturated carbocycles. The van der Waals surface area contributed by atoms with Crippen LogP contribution in [0.1, 0.15) is 30.4 Å². The Labute approximate surface area is 132 Å². The molecule has 2 aliphatic rings. The predicted octanol–water partition coefficient (Wildman–Crippen LogP) is 1.30. The van der Waals surface area contributed by atoms with E-state index in [9.17, 15) is 0 Å². The van der Waals surface area contributed by atoms with Gasteiger partial charge in [0, 0.05) is 13.0 Å². The maximum Gasteiger partial charge on any atom is 0.136 e. The molecule has 0 aromatic heterocycles. The number of nitrogens with zero attached hydrogens (tertiary/aromatic N) is 2. The van der Waals surface area contributed by atoms with Gasteiger partial charge < -0.3 is 16.8 Å². The Bertz CT molecular complexity index is 574. The molecule has 0 aliphatic carbocycles. The fourth-order valence-electron chi connectivity index (χ4n) is 3.21. The Balaban J connectivity index is 1.68. The summed E-state index contributed by atoms with van der Waals surface area (Å²) in [5.74, 6) is 0.557. The Morgan fingerprint density at radius 3 is 2.73 bits per heavy atom. The van der Waals surface area contributed by atoms with Crippen molar-refractivity contribution in [3.05, 3.63) is 47.3 Å². The molecule has 1 saturated heterocycles. The molecule has 0 bridgehead atoms. The largest absolute Gasteiger partial charge is 0.385 e. The van der Waals surface area contributed by atoms with Gasteiger partial charge in [-0.3, -0.25) is 4.90 Å². The van der Waals surface area contributed by atoms with Gasteiger partial charge in [0.25, 0.3) is 0 Å². The van der Waals surface area contributed by atoms with E-state index in [0.717, 1.165) is 6.54 Å². The van der Waals surface area contributed by atoms with Gasteiger partial charge in [0.1, 0.15) is 11.5 Å². The van der Waals surface area contributed by atoms with Crippen LogP contribution >= 0.6 is 0 Å². The van der Waals surface area contributed by atoms with Crippen LogP contribution in [0.4, 0.5) is 0 Å². The van der Waals surface area contributed by atoms with E-state index in [0.29, 0.717) is 12.2 Å². The van der Waals surface area contributed by atoms with Crippen LogP contribution < -0.4 is 16.8 Å². The summed E-state index contributed by atoms with van der Waals surface area (Å²) in [6.45, 7) is 3.44. The van der Waals surface area contributed by atoms with E-state index in [4.69, 9.17) is 11.5 Å². The van der Waals surface area contributed by atoms with E-state index in [1.54, 1.807) is 12.4 Å². The SMILES string of the molecule is NC1=CC(N)(Cc2cccc(CN3CCCCC3)c2)N=CN1. The molecule has 2 aliphatic heterocycles. The van der Waals surface area contributed by atoms with Crippen LogP contribution in [-0.4, -0.2) is 30.0 Å². The van der Waals surface area contributed by atoms with Crippen molar-refractivity contribution < 1.29 is 0 Å². The van der Waals surface area contributed by atoms with Crippen LogP contribution in [0.15, 0.2) is 41.2 Å². The summed E-state index contributed by atoms with van der Waals surface area (Å²) < 4.78 is 0. The Hall–Kier alpha value is -1.85. The van der Waals surface area contributed by atoms with Gasteiger partial charge in [-0.15, -0.1) is 0 Å². The standard InChI is InChI=1S/C17H25N5/c18-16-11-17(19,21-13-20-16)10-14-5-4-6-15(9-14)12-22-7-2-1-3-8-22/h4-6,9,11,13H,1-3,7-8,10,12,18-19H2,(H,20,21). The minimum absolute atomic E-state index is 0.557. The summed E-state index contributed by atoms with van der Waals surface area (Å²) in [6.07, 6.45) is 8.01. The average Bonchev–Trinajstić information content (AvgIpc) is 2.48. The first-order chi connectivity index (χ1) is 10.6. The van der Waals surface area contributed by atoms with Crippen molar-refractivity contribution in [2.75, 3.05) is 13.1 Å². The molecule has 1 aromatic carbocycles. The number of likely N-dealkylation sites (tertiary alicyclic amines) is 1. The van der Waals surface area contributed by atoms with Crippen LogP contribution in [0.3, 0.4) is 0 Å². The van der Waals surface area contributed by atoms with Crippen LogP contribution in [0, 0.1) is 0 Å². The Kier molecular flexibility index (Phi) is 4.45. The molecule has 5 heteroatoms. The van der Waals surface area contributed by atoms with Crippen molar-refractivity contribution in [1.29, 1.82) is 0 Å². The monoisotopic (exact) mass is 299 g/mol. The second-order valence-corrected chi connectivity index (χ2v) is 6.33. The third-order valence-electron chi connectivity index (χ3n) is 4.28. The van der Waals surface area contributed by atoms with Gasteiger partial charge in [0.2, 0.25) is 0 Å². The molecule has 5 nitrogen and oxygen atoms in total. The number of nitrogens with one attached hydrogen (secondary N) is 1. The third-order valence-corrected chi connectivity index (χ3v) is 4.28. The first-order valence-electron chi connectivity index (χ1n) is 8.01. The van der Waals surface area contributed by atoms with Gasteiger partial charge in [-0.1, -0.05) is 30.7 Å². The van der Waals surface area contributed by atoms with Crippen molar-refractivity contribution in [2.45, 2.75) is 37.9 Å². The molecule has 118 valence electrons. The fourth-order valence-corrected chi connectivity index (χ4v) is 3.21. The highest BCUT2D eigenvalue weighted by Gasteiger charge is 2.24. The number of hydrogen-bond donors (Lipinski definition) is 3. The Morgan fingerprint density at radius 2 is 1.95 bits per heavy atom. The molecule has 1 unspecified atom stereocenters. The summed E-state index contributed by atoms with van der Waals surface area (Å²) in [5.41, 5.74) is 13.9. The third kappa shape index (κ3) is 3.87. The minimum Gasteiger partial charge on any atom is -0.385 e. The first kappa shape index (κ1) is 15.1. The van der Waals surface area contributed by atoms with Crippen LogP contribution in [0.5, 0.6) is 0 Å². The summed E-state index contributed by atoms with van der Waals surface area (Å²) in [5, 5.41) is 2.85. The van der Waals surface area contributed by atoms with E-state index >= 15 is 0 Å². The van der Waals surface area contributed by atoms with Crippen molar-refractivity contribution in [1.82, 2.24) is 10.2 Å². The van der Waals surface area contributed by atoms with Crippen molar-refractivity contribution in [2.24, 2.45) is 16.5 Å². The molecule has 2 heterocycles. The fraction of sp³-hybridized carbons (Fsp3) is 0.471. The summed E-state index contributed by atoms with van der Waals surface area (Å²) in [4.78, 5) is 6.86. The van der Waals surface area contributed by atoms with Crippen LogP contribution in [-0.2, 0) is 13.0 Å². The molecule has 0 radical (unpaired) electrons. The molecular formula is C17H25N5. The van der Waals surface area contributed by atoms with Crippen molar-refractivity contribution in [3.8, 4) is 0 Å². The lowest BCUT2D eigenvalue weighted by atomic mass is 9.98. The van der Waals surface area contributed by atoms with Gasteiger partial charge in [0.05, 0.1) is 6.34 Å². The maximum absolute atomic E-state index is 6.31. The van der Waals surface area contributed by atoms with Crippen LogP contribution in [0.25, 0.3) is 0 Å². The van der Waals surface area contributed by atoms with E-state index in [1.165, 1.54) is 43.5 Å². The number of nitrogens with two attached hydrogens (primary N) is 2. The second-order valence-electron chi connectivity index (χ2n) is 6.33. The number of hydrogen-bond acceptors (Lipinski definition) is 5. The number of piperidine rings is 1. The highest BCUT2D eigenvalue weighted by molar-refractivity contribution is 5.60. The zero-order valence-electron chi connectivity index (χ0n) is 13.0. The predicted molar refractivity (Wildman–Crippen MR) is 90.1 cm³/mol. The summed E-state index contributed by atoms with van der Waals surface area (Å²) >= 11 is 0. The van der Waals surface area contributed by atoms with E-state index < -0.39 is 5.66 Å². The number of aliphatic imine (C=N–C) groups is 1. The molecule has 0 spiro atoms. The number of rotatable bonds is 4. The molecule has 0 amide bonds. The smallest absolute Gasteiger partial charge is 0.136 e. The zero-order valence-corrected chi connectivity index (χ0v) is 13.0. The molecule has 1 fully saturated rings. The second kappa shape index (κ2) is 6.50. The molecule has 1 aromatic rings. The Morgan fingerprint density at radius 1 is 1.18 bits per heavy atom. The van der Waals surface area contributed by atoms with Gasteiger partial charge >= 0.3 is 0 Å². The number of benzene rings is 1. The lowest BCUT2D eigenvalue weighted by Crippen LogP contribution is -2.43. The van der Waals surface area contributed by atoms with Gasteiger partial charge in [-0.25, -0.2) is 4.99 Å². The van der Waals surface area contributed by atoms with Crippen molar-refractivity contribution in [3.63, 3.8) is 0 Å². The first-order valence-corrected chi connectivity index (χ1v) is 8.01. The molecule has 5 N–H and O–H groups in total. The molecular weight excluding hydrogens is 274 g/mol. The molecule has 22 heavy (non-hydrogen) atoms. The van der Waals surface area contributed by atoms with E-state index in [-0.39, 0.29) is 0 Å².